The summed E-state index contributed by atoms with van der Waals surface area (Å²) in [4.78, 5) is 13.1. The van der Waals surface area contributed by atoms with Gasteiger partial charge in [0.1, 0.15) is 5.82 Å². The molecule has 15 heavy (non-hydrogen) atoms. The van der Waals surface area contributed by atoms with Crippen molar-refractivity contribution in [3.63, 3.8) is 0 Å². The van der Waals surface area contributed by atoms with E-state index >= 15 is 0 Å². The largest absolute Gasteiger partial charge is 0.337 e. The lowest BCUT2D eigenvalue weighted by molar-refractivity contribution is -0.128. The van der Waals surface area contributed by atoms with Gasteiger partial charge in [0.15, 0.2) is 0 Å². The summed E-state index contributed by atoms with van der Waals surface area (Å²) < 4.78 is 13.0. The number of likely N-dealkylation sites (N-methyl/N-ethyl adjacent to an activating group) is 1. The second-order valence-corrected chi connectivity index (χ2v) is 3.86. The molecule has 2 atom stereocenters. The predicted octanol–water partition coefficient (Wildman–Crippen LogP) is 1.06. The number of hydrogen-bond acceptors (Lipinski definition) is 2. The van der Waals surface area contributed by atoms with E-state index in [0.717, 1.165) is 5.56 Å². The second kappa shape index (κ2) is 3.62. The highest BCUT2D eigenvalue weighted by Gasteiger charge is 2.35. The third-order valence-corrected chi connectivity index (χ3v) is 2.84. The van der Waals surface area contributed by atoms with Gasteiger partial charge in [-0.25, -0.2) is 4.39 Å². The quantitative estimate of drug-likeness (QED) is 0.750. The molecule has 2 rings (SSSR count). The number of carbonyl (C=O) groups is 1. The van der Waals surface area contributed by atoms with Gasteiger partial charge in [-0.15, -0.1) is 0 Å². The van der Waals surface area contributed by atoms with Gasteiger partial charge >= 0.3 is 0 Å². The topological polar surface area (TPSA) is 46.3 Å². The Morgan fingerprint density at radius 2 is 2.27 bits per heavy atom. The van der Waals surface area contributed by atoms with Crippen LogP contribution in [0.3, 0.4) is 0 Å². The number of halogens is 1. The first-order chi connectivity index (χ1) is 7.09. The van der Waals surface area contributed by atoms with Crippen LogP contribution in [0.5, 0.6) is 0 Å². The number of hydrogen-bond donors (Lipinski definition) is 1. The Hall–Kier alpha value is -1.42. The molecule has 4 heteroatoms. The Kier molecular flexibility index (Phi) is 2.44. The standard InChI is InChI=1S/C11H13FN2O/c1-14-10(6-9(13)11(14)15)7-3-2-4-8(12)5-7/h2-5,9-10H,6,13H2,1H3/t9-,10-/m1/s1. The van der Waals surface area contributed by atoms with Crippen LogP contribution in [0.2, 0.25) is 0 Å². The van der Waals surface area contributed by atoms with Crippen LogP contribution < -0.4 is 5.73 Å². The van der Waals surface area contributed by atoms with E-state index in [9.17, 15) is 9.18 Å². The normalized spacial score (nSPS) is 26.1. The molecular formula is C11H13FN2O. The number of likely N-dealkylation sites (tertiary alicyclic amines) is 1. The highest BCUT2D eigenvalue weighted by Crippen LogP contribution is 2.30. The smallest absolute Gasteiger partial charge is 0.239 e. The van der Waals surface area contributed by atoms with Crippen molar-refractivity contribution in [2.24, 2.45) is 5.73 Å². The molecule has 0 saturated carbocycles. The van der Waals surface area contributed by atoms with Crippen LogP contribution in [0.25, 0.3) is 0 Å². The van der Waals surface area contributed by atoms with Gasteiger partial charge < -0.3 is 10.6 Å². The van der Waals surface area contributed by atoms with Crippen LogP contribution in [0.1, 0.15) is 18.0 Å². The summed E-state index contributed by atoms with van der Waals surface area (Å²) >= 11 is 0. The molecule has 1 aromatic rings. The van der Waals surface area contributed by atoms with Crippen LogP contribution in [-0.4, -0.2) is 23.9 Å². The lowest BCUT2D eigenvalue weighted by atomic mass is 10.0. The SMILES string of the molecule is CN1C(=O)[C@H](N)C[C@@H]1c1cccc(F)c1. The molecule has 1 aliphatic rings. The molecule has 1 heterocycles. The number of carbonyl (C=O) groups excluding carboxylic acids is 1. The van der Waals surface area contributed by atoms with E-state index in [2.05, 4.69) is 0 Å². The summed E-state index contributed by atoms with van der Waals surface area (Å²) in [6.45, 7) is 0. The summed E-state index contributed by atoms with van der Waals surface area (Å²) in [5, 5.41) is 0. The third kappa shape index (κ3) is 1.72. The van der Waals surface area contributed by atoms with E-state index in [-0.39, 0.29) is 17.8 Å². The fraction of sp³-hybridized carbons (Fsp3) is 0.364. The number of benzene rings is 1. The lowest BCUT2D eigenvalue weighted by Gasteiger charge is -2.19. The van der Waals surface area contributed by atoms with Gasteiger partial charge in [-0.1, -0.05) is 12.1 Å². The summed E-state index contributed by atoms with van der Waals surface area (Å²) in [5.74, 6) is -0.363. The maximum absolute atomic E-state index is 13.0. The average molecular weight is 208 g/mol. The average Bonchev–Trinajstić information content (AvgIpc) is 2.46. The van der Waals surface area contributed by atoms with Crippen molar-refractivity contribution in [2.75, 3.05) is 7.05 Å². The van der Waals surface area contributed by atoms with Crippen LogP contribution in [0.4, 0.5) is 4.39 Å². The van der Waals surface area contributed by atoms with Gasteiger partial charge in [0.05, 0.1) is 12.1 Å². The Balaban J connectivity index is 2.29. The Labute approximate surface area is 87.7 Å². The van der Waals surface area contributed by atoms with E-state index in [0.29, 0.717) is 6.42 Å². The first kappa shape index (κ1) is 10.1. The molecule has 0 unspecified atom stereocenters. The van der Waals surface area contributed by atoms with Gasteiger partial charge in [-0.3, -0.25) is 4.79 Å². The number of amides is 1. The van der Waals surface area contributed by atoms with Crippen molar-refractivity contribution < 1.29 is 9.18 Å². The Morgan fingerprint density at radius 1 is 1.53 bits per heavy atom. The van der Waals surface area contributed by atoms with Crippen molar-refractivity contribution in [1.29, 1.82) is 0 Å². The summed E-state index contributed by atoms with van der Waals surface area (Å²) in [7, 11) is 1.70. The molecule has 80 valence electrons. The Bertz CT molecular complexity index is 394. The van der Waals surface area contributed by atoms with Crippen molar-refractivity contribution >= 4 is 5.91 Å². The van der Waals surface area contributed by atoms with Crippen LogP contribution >= 0.6 is 0 Å². The Morgan fingerprint density at radius 3 is 2.80 bits per heavy atom. The first-order valence-electron chi connectivity index (χ1n) is 4.87. The fourth-order valence-electron chi connectivity index (χ4n) is 1.99. The molecule has 0 spiro atoms. The van der Waals surface area contributed by atoms with E-state index in [1.807, 2.05) is 6.07 Å². The molecule has 0 radical (unpaired) electrons. The second-order valence-electron chi connectivity index (χ2n) is 3.86. The van der Waals surface area contributed by atoms with Gasteiger partial charge in [0.25, 0.3) is 0 Å². The van der Waals surface area contributed by atoms with E-state index in [1.54, 1.807) is 18.0 Å². The fourth-order valence-corrected chi connectivity index (χ4v) is 1.99. The highest BCUT2D eigenvalue weighted by molar-refractivity contribution is 5.84. The first-order valence-corrected chi connectivity index (χ1v) is 4.87. The van der Waals surface area contributed by atoms with Gasteiger partial charge in [-0.05, 0) is 24.1 Å². The van der Waals surface area contributed by atoms with Gasteiger partial charge in [0.2, 0.25) is 5.91 Å². The predicted molar refractivity (Wildman–Crippen MR) is 54.5 cm³/mol. The zero-order chi connectivity index (χ0) is 11.0. The van der Waals surface area contributed by atoms with E-state index in [1.165, 1.54) is 12.1 Å². The maximum Gasteiger partial charge on any atom is 0.239 e. The molecule has 1 aliphatic heterocycles. The summed E-state index contributed by atoms with van der Waals surface area (Å²) in [6.07, 6.45) is 0.554. The zero-order valence-electron chi connectivity index (χ0n) is 8.48. The van der Waals surface area contributed by atoms with E-state index < -0.39 is 6.04 Å². The molecule has 1 saturated heterocycles. The molecule has 2 N–H and O–H groups in total. The molecular weight excluding hydrogens is 195 g/mol. The molecule has 1 fully saturated rings. The van der Waals surface area contributed by atoms with Crippen LogP contribution in [0.15, 0.2) is 24.3 Å². The number of rotatable bonds is 1. The minimum atomic E-state index is -0.455. The minimum absolute atomic E-state index is 0.0794. The van der Waals surface area contributed by atoms with Crippen molar-refractivity contribution in [1.82, 2.24) is 4.90 Å². The molecule has 0 aromatic heterocycles. The van der Waals surface area contributed by atoms with E-state index in [4.69, 9.17) is 5.73 Å². The molecule has 3 nitrogen and oxygen atoms in total. The van der Waals surface area contributed by atoms with Gasteiger partial charge in [0, 0.05) is 7.05 Å². The number of nitrogens with two attached hydrogens (primary N) is 1. The minimum Gasteiger partial charge on any atom is -0.337 e. The molecule has 1 aromatic carbocycles. The third-order valence-electron chi connectivity index (χ3n) is 2.84. The van der Waals surface area contributed by atoms with Crippen LogP contribution in [0, 0.1) is 5.82 Å². The van der Waals surface area contributed by atoms with Crippen LogP contribution in [-0.2, 0) is 4.79 Å². The van der Waals surface area contributed by atoms with Crippen molar-refractivity contribution in [3.8, 4) is 0 Å². The summed E-state index contributed by atoms with van der Waals surface area (Å²) in [5.41, 5.74) is 6.45. The lowest BCUT2D eigenvalue weighted by Crippen LogP contribution is -2.31. The van der Waals surface area contributed by atoms with Crippen molar-refractivity contribution in [2.45, 2.75) is 18.5 Å². The highest BCUT2D eigenvalue weighted by atomic mass is 19.1. The molecule has 0 bridgehead atoms. The van der Waals surface area contributed by atoms with Crippen molar-refractivity contribution in [3.05, 3.63) is 35.6 Å². The summed E-state index contributed by atoms with van der Waals surface area (Å²) in [6, 6.07) is 5.75. The molecule has 1 amide bonds. The monoisotopic (exact) mass is 208 g/mol. The van der Waals surface area contributed by atoms with Gasteiger partial charge in [-0.2, -0.15) is 0 Å². The molecule has 0 aliphatic carbocycles. The maximum atomic E-state index is 13.0. The zero-order valence-corrected chi connectivity index (χ0v) is 8.48. The number of nitrogens with zero attached hydrogens (tertiary/aromatic N) is 1.